The van der Waals surface area contributed by atoms with Gasteiger partial charge in [0.1, 0.15) is 23.5 Å². The van der Waals surface area contributed by atoms with E-state index in [4.69, 9.17) is 9.26 Å². The lowest BCUT2D eigenvalue weighted by molar-refractivity contribution is 0.254. The van der Waals surface area contributed by atoms with E-state index in [0.717, 1.165) is 5.56 Å². The molecule has 1 aliphatic rings. The first-order chi connectivity index (χ1) is 21.1. The zero-order valence-corrected chi connectivity index (χ0v) is 24.9. The van der Waals surface area contributed by atoms with Crippen molar-refractivity contribution in [3.05, 3.63) is 89.3 Å². The predicted octanol–water partition coefficient (Wildman–Crippen LogP) is 5.45. The van der Waals surface area contributed by atoms with Gasteiger partial charge in [0.15, 0.2) is 9.84 Å². The average molecular weight is 621 g/mol. The molecular formula is C31H30F2N6O4S. The van der Waals surface area contributed by atoms with E-state index in [9.17, 15) is 12.8 Å². The van der Waals surface area contributed by atoms with Crippen LogP contribution in [-0.2, 0) is 21.3 Å². The van der Waals surface area contributed by atoms with Gasteiger partial charge in [-0.2, -0.15) is 0 Å². The highest BCUT2D eigenvalue weighted by atomic mass is 32.2. The minimum Gasteiger partial charge on any atom is -0.437 e. The second-order valence-corrected chi connectivity index (χ2v) is 12.9. The van der Waals surface area contributed by atoms with E-state index in [2.05, 4.69) is 30.7 Å². The van der Waals surface area contributed by atoms with Gasteiger partial charge >= 0.3 is 0 Å². The number of nitrogens with one attached hydrogen (secondary N) is 2. The smallest absolute Gasteiger partial charge is 0.228 e. The van der Waals surface area contributed by atoms with Gasteiger partial charge in [0.05, 0.1) is 28.5 Å². The zero-order valence-electron chi connectivity index (χ0n) is 24.0. The van der Waals surface area contributed by atoms with Gasteiger partial charge in [0, 0.05) is 55.0 Å². The maximum Gasteiger partial charge on any atom is 0.228 e. The molecule has 0 bridgehead atoms. The van der Waals surface area contributed by atoms with Crippen LogP contribution in [-0.4, -0.2) is 53.8 Å². The average Bonchev–Trinajstić information content (AvgIpc) is 3.39. The standard InChI is InChI=1S/C31H30F2N6O4S/c1-18-5-6-23-24(7-8-27(33)26(23)17-44(40,41)16-22-12-19(2)43-39-22)29(18)42-30-25(4-3-10-35-30)28-9-11-36-31(38-28)37-21-13-20(32)14-34-15-21/h3-12,20-21,34H,13-17H2,1-2H3,(H,36,37,38)/t20-,21-/m0/s1. The molecule has 1 aliphatic heterocycles. The van der Waals surface area contributed by atoms with Crippen molar-refractivity contribution in [2.75, 3.05) is 18.4 Å². The topological polar surface area (TPSA) is 132 Å². The third kappa shape index (κ3) is 6.53. The lowest BCUT2D eigenvalue weighted by Gasteiger charge is -2.26. The highest BCUT2D eigenvalue weighted by Crippen LogP contribution is 2.38. The maximum atomic E-state index is 15.2. The summed E-state index contributed by atoms with van der Waals surface area (Å²) in [6.45, 7) is 4.43. The summed E-state index contributed by atoms with van der Waals surface area (Å²) in [6, 6.07) is 12.9. The molecule has 0 amide bonds. The van der Waals surface area contributed by atoms with Crippen molar-refractivity contribution in [2.24, 2.45) is 0 Å². The van der Waals surface area contributed by atoms with Crippen molar-refractivity contribution < 1.29 is 26.5 Å². The van der Waals surface area contributed by atoms with Crippen LogP contribution in [0.5, 0.6) is 11.6 Å². The molecule has 2 N–H and O–H groups in total. The molecule has 2 atom stereocenters. The minimum absolute atomic E-state index is 0.0352. The monoisotopic (exact) mass is 620 g/mol. The van der Waals surface area contributed by atoms with Gasteiger partial charge in [-0.25, -0.2) is 32.2 Å². The fraction of sp³-hybridized carbons (Fsp3) is 0.290. The Morgan fingerprint density at radius 1 is 1.05 bits per heavy atom. The molecule has 1 fully saturated rings. The number of aryl methyl sites for hydroxylation is 2. The number of rotatable bonds is 9. The molecule has 0 saturated carbocycles. The first-order valence-electron chi connectivity index (χ1n) is 14.1. The Labute approximate surface area is 252 Å². The van der Waals surface area contributed by atoms with Crippen LogP contribution in [0.15, 0.2) is 65.4 Å². The molecule has 6 rings (SSSR count). The molecule has 5 aromatic rings. The Bertz CT molecular complexity index is 1930. The molecule has 0 unspecified atom stereocenters. The summed E-state index contributed by atoms with van der Waals surface area (Å²) in [5.74, 6) is -0.0629. The van der Waals surface area contributed by atoms with E-state index in [1.807, 2.05) is 6.92 Å². The summed E-state index contributed by atoms with van der Waals surface area (Å²) in [5.41, 5.74) is 2.14. The first kappa shape index (κ1) is 29.6. The predicted molar refractivity (Wildman–Crippen MR) is 161 cm³/mol. The summed E-state index contributed by atoms with van der Waals surface area (Å²) in [4.78, 5) is 13.4. The number of halogens is 2. The second-order valence-electron chi connectivity index (χ2n) is 10.8. The quantitative estimate of drug-likeness (QED) is 0.219. The first-order valence-corrected chi connectivity index (χ1v) is 15.9. The number of benzene rings is 2. The normalized spacial score (nSPS) is 17.1. The lowest BCUT2D eigenvalue weighted by Crippen LogP contribution is -2.44. The third-order valence-electron chi connectivity index (χ3n) is 7.34. The van der Waals surface area contributed by atoms with Crippen LogP contribution in [0.3, 0.4) is 0 Å². The molecule has 44 heavy (non-hydrogen) atoms. The molecule has 0 spiro atoms. The van der Waals surface area contributed by atoms with Crippen molar-refractivity contribution in [2.45, 2.75) is 44.0 Å². The number of pyridine rings is 1. The fourth-order valence-electron chi connectivity index (χ4n) is 5.31. The molecule has 10 nitrogen and oxygen atoms in total. The number of sulfone groups is 1. The summed E-state index contributed by atoms with van der Waals surface area (Å²) in [7, 11) is -3.79. The van der Waals surface area contributed by atoms with Crippen molar-refractivity contribution in [1.29, 1.82) is 0 Å². The Hall–Kier alpha value is -4.49. The van der Waals surface area contributed by atoms with Gasteiger partial charge in [-0.15, -0.1) is 0 Å². The van der Waals surface area contributed by atoms with Gasteiger partial charge in [-0.3, -0.25) is 0 Å². The Morgan fingerprint density at radius 2 is 1.89 bits per heavy atom. The zero-order chi connectivity index (χ0) is 30.8. The SMILES string of the molecule is Cc1cc(CS(=O)(=O)Cc2c(F)ccc3c(Oc4ncccc4-c4ccnc(N[C@@H]5CNC[C@@H](F)C5)n4)c(C)ccc23)no1. The molecule has 0 radical (unpaired) electrons. The summed E-state index contributed by atoms with van der Waals surface area (Å²) >= 11 is 0. The lowest BCUT2D eigenvalue weighted by atomic mass is 10.0. The number of hydrogen-bond donors (Lipinski definition) is 2. The van der Waals surface area contributed by atoms with E-state index in [0.29, 0.717) is 59.0 Å². The number of nitrogens with zero attached hydrogens (tertiary/aromatic N) is 4. The molecule has 228 valence electrons. The Kier molecular flexibility index (Phi) is 8.23. The number of piperidine rings is 1. The van der Waals surface area contributed by atoms with Crippen molar-refractivity contribution in [3.8, 4) is 22.9 Å². The van der Waals surface area contributed by atoms with Crippen LogP contribution < -0.4 is 15.4 Å². The molecule has 0 aliphatic carbocycles. The van der Waals surface area contributed by atoms with Crippen LogP contribution in [0.1, 0.15) is 29.0 Å². The van der Waals surface area contributed by atoms with Crippen molar-refractivity contribution in [3.63, 3.8) is 0 Å². The molecule has 2 aromatic carbocycles. The van der Waals surface area contributed by atoms with Crippen LogP contribution >= 0.6 is 0 Å². The summed E-state index contributed by atoms with van der Waals surface area (Å²) < 4.78 is 66.5. The van der Waals surface area contributed by atoms with E-state index in [-0.39, 0.29) is 28.9 Å². The fourth-order valence-corrected chi connectivity index (χ4v) is 6.73. The third-order valence-corrected chi connectivity index (χ3v) is 8.81. The van der Waals surface area contributed by atoms with Crippen molar-refractivity contribution >= 4 is 26.6 Å². The number of ether oxygens (including phenoxy) is 1. The molecule has 1 saturated heterocycles. The number of alkyl halides is 1. The molecular weight excluding hydrogens is 590 g/mol. The number of fused-ring (bicyclic) bond motifs is 1. The van der Waals surface area contributed by atoms with Crippen LogP contribution in [0.2, 0.25) is 0 Å². The van der Waals surface area contributed by atoms with Crippen LogP contribution in [0.25, 0.3) is 22.0 Å². The number of hydrogen-bond acceptors (Lipinski definition) is 10. The van der Waals surface area contributed by atoms with E-state index < -0.39 is 27.6 Å². The number of anilines is 1. The van der Waals surface area contributed by atoms with Gasteiger partial charge < -0.3 is 19.9 Å². The van der Waals surface area contributed by atoms with E-state index >= 15 is 4.39 Å². The van der Waals surface area contributed by atoms with Gasteiger partial charge in [0.25, 0.3) is 0 Å². The largest absolute Gasteiger partial charge is 0.437 e. The van der Waals surface area contributed by atoms with Crippen molar-refractivity contribution in [1.82, 2.24) is 25.4 Å². The number of aromatic nitrogens is 4. The Morgan fingerprint density at radius 3 is 2.68 bits per heavy atom. The van der Waals surface area contributed by atoms with Gasteiger partial charge in [0.2, 0.25) is 11.8 Å². The minimum atomic E-state index is -3.79. The summed E-state index contributed by atoms with van der Waals surface area (Å²) in [6.07, 6.45) is 2.59. The summed E-state index contributed by atoms with van der Waals surface area (Å²) in [5, 5.41) is 10.9. The van der Waals surface area contributed by atoms with Gasteiger partial charge in [-0.05, 0) is 55.1 Å². The van der Waals surface area contributed by atoms with E-state index in [1.165, 1.54) is 6.07 Å². The van der Waals surface area contributed by atoms with E-state index in [1.54, 1.807) is 61.8 Å². The highest BCUT2D eigenvalue weighted by Gasteiger charge is 2.24. The molecule has 4 heterocycles. The molecule has 3 aromatic heterocycles. The van der Waals surface area contributed by atoms with Crippen LogP contribution in [0.4, 0.5) is 14.7 Å². The highest BCUT2D eigenvalue weighted by molar-refractivity contribution is 7.89. The Balaban J connectivity index is 1.32. The maximum absolute atomic E-state index is 15.2. The second kappa shape index (κ2) is 12.2. The van der Waals surface area contributed by atoms with Crippen LogP contribution in [0, 0.1) is 19.7 Å². The van der Waals surface area contributed by atoms with Gasteiger partial charge in [-0.1, -0.05) is 17.3 Å². The molecule has 13 heteroatoms.